The molecule has 1 aliphatic rings. The highest BCUT2D eigenvalue weighted by atomic mass is 127. The first-order valence-electron chi connectivity index (χ1n) is 5.19. The summed E-state index contributed by atoms with van der Waals surface area (Å²) in [5, 5.41) is 0. The van der Waals surface area contributed by atoms with Crippen molar-refractivity contribution in [3.05, 3.63) is 23.4 Å². The Labute approximate surface area is 113 Å². The minimum Gasteiger partial charge on any atom is -0.462 e. The van der Waals surface area contributed by atoms with E-state index in [1.165, 1.54) is 0 Å². The highest BCUT2D eigenvalue weighted by molar-refractivity contribution is 14.2. The fraction of sp³-hybridized carbons (Fsp3) is 0.545. The van der Waals surface area contributed by atoms with Crippen LogP contribution in [0.2, 0.25) is 0 Å². The Morgan fingerprint density at radius 2 is 2.38 bits per heavy atom. The predicted octanol–water partition coefficient (Wildman–Crippen LogP) is 3.47. The molecule has 1 aliphatic heterocycles. The maximum atomic E-state index is 11.8. The van der Waals surface area contributed by atoms with Crippen molar-refractivity contribution >= 4 is 36.3 Å². The summed E-state index contributed by atoms with van der Waals surface area (Å²) < 4.78 is 7.23. The van der Waals surface area contributed by atoms with E-state index >= 15 is 0 Å². The third-order valence-corrected chi connectivity index (χ3v) is 4.37. The number of halogens is 1. The van der Waals surface area contributed by atoms with Crippen LogP contribution in [0.15, 0.2) is 23.4 Å². The Balaban J connectivity index is 2.82. The number of allylic oxidation sites excluding steroid dienone is 1. The Morgan fingerprint density at radius 3 is 2.94 bits per heavy atom. The van der Waals surface area contributed by atoms with E-state index < -0.39 is 0 Å². The molecule has 16 heavy (non-hydrogen) atoms. The topological polar surface area (TPSA) is 29.5 Å². The summed E-state index contributed by atoms with van der Waals surface area (Å²) in [6.45, 7) is 9.20. The van der Waals surface area contributed by atoms with Gasteiger partial charge in [0.05, 0.1) is 18.7 Å². The Bertz CT molecular complexity index is 328. The second-order valence-electron chi connectivity index (χ2n) is 3.73. The molecule has 0 aromatic rings. The number of hydrogen-bond donors (Lipinski definition) is 0. The van der Waals surface area contributed by atoms with Crippen LogP contribution in [0.3, 0.4) is 0 Å². The molecule has 0 radical (unpaired) electrons. The van der Waals surface area contributed by atoms with E-state index in [0.29, 0.717) is 13.0 Å². The van der Waals surface area contributed by atoms with Crippen LogP contribution >= 0.6 is 30.3 Å². The number of hydrogen-bond acceptors (Lipinski definition) is 4. The second-order valence-corrected chi connectivity index (χ2v) is 5.49. The Hall–Kier alpha value is -0.170. The van der Waals surface area contributed by atoms with Crippen molar-refractivity contribution in [2.24, 2.45) is 0 Å². The van der Waals surface area contributed by atoms with Crippen LogP contribution in [0, 0.1) is 0 Å². The van der Waals surface area contributed by atoms with Crippen molar-refractivity contribution in [1.29, 1.82) is 0 Å². The molecule has 0 saturated heterocycles. The molecule has 0 aromatic heterocycles. The summed E-state index contributed by atoms with van der Waals surface area (Å²) in [5.74, 6) is -0.198. The van der Waals surface area contributed by atoms with E-state index in [-0.39, 0.29) is 5.97 Å². The molecule has 0 amide bonds. The van der Waals surface area contributed by atoms with E-state index in [9.17, 15) is 4.79 Å². The molecule has 5 heteroatoms. The average molecular weight is 353 g/mol. The van der Waals surface area contributed by atoms with Gasteiger partial charge in [0.1, 0.15) is 0 Å². The molecular formula is C11H16INO2S. The lowest BCUT2D eigenvalue weighted by Crippen LogP contribution is -2.25. The molecule has 0 aromatic carbocycles. The number of nitrogens with zero attached hydrogens (tertiary/aromatic N) is 1. The number of ether oxygens (including phenoxy) is 1. The van der Waals surface area contributed by atoms with E-state index in [1.54, 1.807) is 9.12 Å². The molecule has 0 N–H and O–H groups in total. The summed E-state index contributed by atoms with van der Waals surface area (Å²) >= 11 is 2.21. The number of carbonyl (C=O) groups is 1. The number of carbonyl (C=O) groups excluding carboxylic acids is 1. The zero-order valence-electron chi connectivity index (χ0n) is 9.59. The van der Waals surface area contributed by atoms with Gasteiger partial charge in [0.25, 0.3) is 0 Å². The minimum absolute atomic E-state index is 0.198. The molecule has 0 unspecified atom stereocenters. The fourth-order valence-corrected chi connectivity index (χ4v) is 3.23. The smallest absolute Gasteiger partial charge is 0.336 e. The first-order valence-corrected chi connectivity index (χ1v) is 8.51. The fourth-order valence-electron chi connectivity index (χ4n) is 1.48. The van der Waals surface area contributed by atoms with Gasteiger partial charge in [-0.25, -0.2) is 4.79 Å². The molecular weight excluding hydrogens is 337 g/mol. The summed E-state index contributed by atoms with van der Waals surface area (Å²) in [5.41, 5.74) is 2.79. The summed E-state index contributed by atoms with van der Waals surface area (Å²) in [4.78, 5) is 11.8. The van der Waals surface area contributed by atoms with Crippen LogP contribution in [0.25, 0.3) is 0 Å². The third kappa shape index (κ3) is 3.41. The van der Waals surface area contributed by atoms with Gasteiger partial charge < -0.3 is 9.04 Å². The molecule has 90 valence electrons. The molecule has 0 fully saturated rings. The first kappa shape index (κ1) is 13.9. The van der Waals surface area contributed by atoms with Gasteiger partial charge >= 0.3 is 5.97 Å². The van der Waals surface area contributed by atoms with Crippen LogP contribution < -0.4 is 0 Å². The third-order valence-electron chi connectivity index (χ3n) is 2.37. The maximum Gasteiger partial charge on any atom is 0.336 e. The van der Waals surface area contributed by atoms with Crippen molar-refractivity contribution in [2.75, 3.05) is 13.2 Å². The van der Waals surface area contributed by atoms with Gasteiger partial charge in [-0.2, -0.15) is 0 Å². The van der Waals surface area contributed by atoms with Crippen molar-refractivity contribution in [2.45, 2.75) is 26.7 Å². The zero-order chi connectivity index (χ0) is 12.1. The Morgan fingerprint density at radius 1 is 1.69 bits per heavy atom. The van der Waals surface area contributed by atoms with Crippen molar-refractivity contribution in [3.63, 3.8) is 0 Å². The highest BCUT2D eigenvalue weighted by Gasteiger charge is 2.24. The van der Waals surface area contributed by atoms with Crippen molar-refractivity contribution in [3.8, 4) is 0 Å². The van der Waals surface area contributed by atoms with Gasteiger partial charge in [-0.1, -0.05) is 19.1 Å². The van der Waals surface area contributed by atoms with Gasteiger partial charge in [-0.15, -0.1) is 0 Å². The first-order chi connectivity index (χ1) is 7.60. The van der Waals surface area contributed by atoms with Gasteiger partial charge in [-0.05, 0) is 13.3 Å². The monoisotopic (exact) mass is 353 g/mol. The largest absolute Gasteiger partial charge is 0.462 e. The second kappa shape index (κ2) is 6.54. The normalized spacial score (nSPS) is 16.7. The zero-order valence-corrected chi connectivity index (χ0v) is 12.6. The van der Waals surface area contributed by atoms with E-state index in [0.717, 1.165) is 29.8 Å². The van der Waals surface area contributed by atoms with Crippen LogP contribution in [-0.4, -0.2) is 23.4 Å². The lowest BCUT2D eigenvalue weighted by atomic mass is 10.0. The average Bonchev–Trinajstić information content (AvgIpc) is 2.28. The highest BCUT2D eigenvalue weighted by Crippen LogP contribution is 2.33. The molecule has 3 nitrogen and oxygen atoms in total. The lowest BCUT2D eigenvalue weighted by Gasteiger charge is -2.29. The SMILES string of the molecule is C=C1CC(C(=O)OCCC)=C(C)N(SI)C1. The van der Waals surface area contributed by atoms with Crippen molar-refractivity contribution < 1.29 is 9.53 Å². The molecule has 0 aliphatic carbocycles. The number of rotatable bonds is 4. The van der Waals surface area contributed by atoms with Crippen molar-refractivity contribution in [1.82, 2.24) is 4.31 Å². The molecule has 0 spiro atoms. The van der Waals surface area contributed by atoms with Gasteiger partial charge in [-0.3, -0.25) is 0 Å². The quantitative estimate of drug-likeness (QED) is 0.335. The van der Waals surface area contributed by atoms with Gasteiger partial charge in [0.2, 0.25) is 0 Å². The van der Waals surface area contributed by atoms with Crippen LogP contribution in [0.4, 0.5) is 0 Å². The van der Waals surface area contributed by atoms with Crippen LogP contribution in [-0.2, 0) is 9.53 Å². The van der Waals surface area contributed by atoms with Crippen LogP contribution in [0.5, 0.6) is 0 Å². The van der Waals surface area contributed by atoms with E-state index in [4.69, 9.17) is 4.74 Å². The Kier molecular flexibility index (Phi) is 5.68. The number of esters is 1. The molecule has 1 heterocycles. The molecule has 0 atom stereocenters. The van der Waals surface area contributed by atoms with E-state index in [2.05, 4.69) is 32.1 Å². The lowest BCUT2D eigenvalue weighted by molar-refractivity contribution is -0.139. The molecule has 0 saturated carbocycles. The van der Waals surface area contributed by atoms with E-state index in [1.807, 2.05) is 13.8 Å². The summed E-state index contributed by atoms with van der Waals surface area (Å²) in [6.07, 6.45) is 1.49. The van der Waals surface area contributed by atoms with Gasteiger partial charge in [0.15, 0.2) is 0 Å². The predicted molar refractivity (Wildman–Crippen MR) is 76.0 cm³/mol. The van der Waals surface area contributed by atoms with Crippen LogP contribution in [0.1, 0.15) is 26.7 Å². The minimum atomic E-state index is -0.198. The van der Waals surface area contributed by atoms with Gasteiger partial charge in [0, 0.05) is 42.4 Å². The molecule has 1 rings (SSSR count). The standard InChI is InChI=1S/C11H16INO2S/c1-4-5-15-11(14)10-6-8(2)7-13(16-12)9(10)3/h2,4-7H2,1,3H3. The summed E-state index contributed by atoms with van der Waals surface area (Å²) in [6, 6.07) is 0. The molecule has 0 bridgehead atoms. The maximum absolute atomic E-state index is 11.8. The summed E-state index contributed by atoms with van der Waals surface area (Å²) in [7, 11) is 1.58.